The van der Waals surface area contributed by atoms with Crippen LogP contribution in [-0.4, -0.2) is 19.7 Å². The molecule has 0 spiro atoms. The van der Waals surface area contributed by atoms with Crippen molar-refractivity contribution in [2.45, 2.75) is 24.0 Å². The Bertz CT molecular complexity index is 739. The van der Waals surface area contributed by atoms with E-state index in [-0.39, 0.29) is 10.9 Å². The predicted octanol–water partition coefficient (Wildman–Crippen LogP) is 3.51. The molecule has 0 radical (unpaired) electrons. The maximum Gasteiger partial charge on any atom is 0.323 e. The minimum atomic E-state index is -3.30. The molecule has 0 heterocycles. The van der Waals surface area contributed by atoms with E-state index in [9.17, 15) is 13.2 Å². The van der Waals surface area contributed by atoms with Crippen LogP contribution in [0, 0.1) is 0 Å². The van der Waals surface area contributed by atoms with E-state index in [4.69, 9.17) is 0 Å². The first-order chi connectivity index (χ1) is 10.4. The van der Waals surface area contributed by atoms with Gasteiger partial charge >= 0.3 is 6.03 Å². The van der Waals surface area contributed by atoms with Crippen LogP contribution >= 0.6 is 0 Å². The lowest BCUT2D eigenvalue weighted by Gasteiger charge is -2.10. The molecule has 5 nitrogen and oxygen atoms in total. The average Bonchev–Trinajstić information content (AvgIpc) is 2.48. The van der Waals surface area contributed by atoms with Gasteiger partial charge in [-0.3, -0.25) is 0 Å². The number of amides is 2. The van der Waals surface area contributed by atoms with Gasteiger partial charge < -0.3 is 10.6 Å². The molecular weight excluding hydrogens is 300 g/mol. The van der Waals surface area contributed by atoms with Crippen molar-refractivity contribution in [3.05, 3.63) is 54.6 Å². The summed E-state index contributed by atoms with van der Waals surface area (Å²) in [4.78, 5) is 12.1. The molecule has 0 saturated carbocycles. The second-order valence-electron chi connectivity index (χ2n) is 5.06. The van der Waals surface area contributed by atoms with Gasteiger partial charge in [0.25, 0.3) is 0 Å². The van der Waals surface area contributed by atoms with E-state index < -0.39 is 15.1 Å². The summed E-state index contributed by atoms with van der Waals surface area (Å²) in [6.07, 6.45) is 0. The number of carbonyl (C=O) groups excluding carboxylic acids is 1. The molecule has 0 bridgehead atoms. The quantitative estimate of drug-likeness (QED) is 0.905. The highest BCUT2D eigenvalue weighted by Crippen LogP contribution is 2.18. The van der Waals surface area contributed by atoms with Crippen molar-refractivity contribution in [3.63, 3.8) is 0 Å². The molecule has 0 fully saturated rings. The first-order valence-corrected chi connectivity index (χ1v) is 8.41. The van der Waals surface area contributed by atoms with Crippen LogP contribution in [0.25, 0.3) is 0 Å². The van der Waals surface area contributed by atoms with Crippen molar-refractivity contribution in [1.29, 1.82) is 0 Å². The molecule has 0 saturated heterocycles. The van der Waals surface area contributed by atoms with Crippen LogP contribution in [0.3, 0.4) is 0 Å². The first kappa shape index (κ1) is 16.0. The maximum atomic E-state index is 12.0. The van der Waals surface area contributed by atoms with E-state index >= 15 is 0 Å². The Hall–Kier alpha value is -2.34. The fourth-order valence-electron chi connectivity index (χ4n) is 1.82. The van der Waals surface area contributed by atoms with Gasteiger partial charge in [-0.2, -0.15) is 0 Å². The summed E-state index contributed by atoms with van der Waals surface area (Å²) in [5.41, 5.74) is 1.20. The van der Waals surface area contributed by atoms with Crippen LogP contribution in [0.4, 0.5) is 16.2 Å². The molecule has 0 aliphatic rings. The van der Waals surface area contributed by atoms with Crippen LogP contribution in [-0.2, 0) is 9.84 Å². The summed E-state index contributed by atoms with van der Waals surface area (Å²) in [5.74, 6) is 0. The second kappa shape index (κ2) is 6.62. The molecule has 0 atom stereocenters. The van der Waals surface area contributed by atoms with Gasteiger partial charge in [0.1, 0.15) is 0 Å². The van der Waals surface area contributed by atoms with Crippen molar-refractivity contribution < 1.29 is 13.2 Å². The van der Waals surface area contributed by atoms with Crippen molar-refractivity contribution in [3.8, 4) is 0 Å². The Kier molecular flexibility index (Phi) is 4.82. The van der Waals surface area contributed by atoms with E-state index in [1.54, 1.807) is 38.1 Å². The van der Waals surface area contributed by atoms with Gasteiger partial charge in [0.2, 0.25) is 0 Å². The number of benzene rings is 2. The van der Waals surface area contributed by atoms with E-state index in [1.807, 2.05) is 18.2 Å². The lowest BCUT2D eigenvalue weighted by molar-refractivity contribution is 0.262. The first-order valence-electron chi connectivity index (χ1n) is 6.86. The topological polar surface area (TPSA) is 75.3 Å². The van der Waals surface area contributed by atoms with Crippen molar-refractivity contribution in [1.82, 2.24) is 0 Å². The Morgan fingerprint density at radius 2 is 1.36 bits per heavy atom. The summed E-state index contributed by atoms with van der Waals surface area (Å²) in [7, 11) is -3.30. The summed E-state index contributed by atoms with van der Waals surface area (Å²) in [6.45, 7) is 3.27. The molecule has 6 heteroatoms. The van der Waals surface area contributed by atoms with Crippen molar-refractivity contribution >= 4 is 27.2 Å². The number of hydrogen-bond acceptors (Lipinski definition) is 3. The molecule has 0 aliphatic carbocycles. The fraction of sp³-hybridized carbons (Fsp3) is 0.188. The van der Waals surface area contributed by atoms with Gasteiger partial charge in [0.15, 0.2) is 9.84 Å². The highest BCUT2D eigenvalue weighted by Gasteiger charge is 2.18. The lowest BCUT2D eigenvalue weighted by atomic mass is 10.3. The monoisotopic (exact) mass is 318 g/mol. The number of anilines is 2. The van der Waals surface area contributed by atoms with Crippen LogP contribution in [0.15, 0.2) is 59.5 Å². The number of para-hydroxylation sites is 1. The minimum absolute atomic E-state index is 0.247. The normalized spacial score (nSPS) is 11.2. The number of urea groups is 1. The molecule has 22 heavy (non-hydrogen) atoms. The summed E-state index contributed by atoms with van der Waals surface area (Å²) >= 11 is 0. The number of carbonyl (C=O) groups is 1. The van der Waals surface area contributed by atoms with Crippen molar-refractivity contribution in [2.75, 3.05) is 10.6 Å². The van der Waals surface area contributed by atoms with E-state index in [1.165, 1.54) is 12.1 Å². The Morgan fingerprint density at radius 3 is 1.86 bits per heavy atom. The largest absolute Gasteiger partial charge is 0.323 e. The van der Waals surface area contributed by atoms with Gasteiger partial charge in [-0.15, -0.1) is 0 Å². The van der Waals surface area contributed by atoms with E-state index in [0.29, 0.717) is 11.4 Å². The van der Waals surface area contributed by atoms with Crippen LogP contribution in [0.2, 0.25) is 0 Å². The number of sulfone groups is 1. The SMILES string of the molecule is CC(C)S(=O)(=O)c1ccc(NC(=O)Nc2ccccc2)cc1. The number of nitrogens with one attached hydrogen (secondary N) is 2. The molecule has 2 aromatic carbocycles. The van der Waals surface area contributed by atoms with Crippen LogP contribution in [0.1, 0.15) is 13.8 Å². The van der Waals surface area contributed by atoms with E-state index in [0.717, 1.165) is 0 Å². The van der Waals surface area contributed by atoms with Crippen LogP contribution in [0.5, 0.6) is 0 Å². The third kappa shape index (κ3) is 3.85. The highest BCUT2D eigenvalue weighted by atomic mass is 32.2. The Labute approximate surface area is 130 Å². The molecule has 0 aromatic heterocycles. The number of hydrogen-bond donors (Lipinski definition) is 2. The zero-order valence-electron chi connectivity index (χ0n) is 12.4. The number of rotatable bonds is 4. The summed E-state index contributed by atoms with van der Waals surface area (Å²) < 4.78 is 24.0. The predicted molar refractivity (Wildman–Crippen MR) is 87.8 cm³/mol. The zero-order chi connectivity index (χ0) is 16.2. The lowest BCUT2D eigenvalue weighted by Crippen LogP contribution is -2.19. The summed E-state index contributed by atoms with van der Waals surface area (Å²) in [5, 5.41) is 4.86. The molecule has 2 amide bonds. The smallest absolute Gasteiger partial charge is 0.308 e. The molecule has 0 aliphatic heterocycles. The highest BCUT2D eigenvalue weighted by molar-refractivity contribution is 7.92. The molecule has 0 unspecified atom stereocenters. The van der Waals surface area contributed by atoms with Crippen molar-refractivity contribution in [2.24, 2.45) is 0 Å². The van der Waals surface area contributed by atoms with Crippen LogP contribution < -0.4 is 10.6 Å². The van der Waals surface area contributed by atoms with Gasteiger partial charge in [-0.25, -0.2) is 13.2 Å². The van der Waals surface area contributed by atoms with Gasteiger partial charge in [-0.05, 0) is 50.2 Å². The minimum Gasteiger partial charge on any atom is -0.308 e. The molecule has 2 rings (SSSR count). The molecule has 2 N–H and O–H groups in total. The third-order valence-corrected chi connectivity index (χ3v) is 5.26. The average molecular weight is 318 g/mol. The van der Waals surface area contributed by atoms with Gasteiger partial charge in [-0.1, -0.05) is 18.2 Å². The Morgan fingerprint density at radius 1 is 0.864 bits per heavy atom. The Balaban J connectivity index is 2.04. The maximum absolute atomic E-state index is 12.0. The van der Waals surface area contributed by atoms with E-state index in [2.05, 4.69) is 10.6 Å². The standard InChI is InChI=1S/C16H18N2O3S/c1-12(2)22(20,21)15-10-8-14(9-11-15)18-16(19)17-13-6-4-3-5-7-13/h3-12H,1-2H3,(H2,17,18,19). The molecular formula is C16H18N2O3S. The van der Waals surface area contributed by atoms with Gasteiger partial charge in [0, 0.05) is 11.4 Å². The van der Waals surface area contributed by atoms with Gasteiger partial charge in [0.05, 0.1) is 10.1 Å². The summed E-state index contributed by atoms with van der Waals surface area (Å²) in [6, 6.07) is 14.8. The third-order valence-electron chi connectivity index (χ3n) is 3.09. The molecule has 2 aromatic rings. The fourth-order valence-corrected chi connectivity index (χ4v) is 2.87. The zero-order valence-corrected chi connectivity index (χ0v) is 13.2. The molecule has 116 valence electrons. The second-order valence-corrected chi connectivity index (χ2v) is 7.57.